The summed E-state index contributed by atoms with van der Waals surface area (Å²) in [7, 11) is 0. The lowest BCUT2D eigenvalue weighted by Crippen LogP contribution is -2.54. The van der Waals surface area contributed by atoms with Crippen LogP contribution in [0.5, 0.6) is 0 Å². The fourth-order valence-corrected chi connectivity index (χ4v) is 5.64. The average Bonchev–Trinajstić information content (AvgIpc) is 2.75. The first-order valence-corrected chi connectivity index (χ1v) is 11.7. The van der Waals surface area contributed by atoms with Gasteiger partial charge in [0, 0.05) is 24.4 Å². The third kappa shape index (κ3) is 5.86. The number of nitrogens with one attached hydrogen (secondary N) is 1. The molecule has 158 valence electrons. The molecule has 2 fully saturated rings. The lowest BCUT2D eigenvalue weighted by atomic mass is 9.93. The molecule has 1 heterocycles. The van der Waals surface area contributed by atoms with E-state index in [4.69, 9.17) is 0 Å². The third-order valence-electron chi connectivity index (χ3n) is 5.87. The number of carbonyl (C=O) groups excluding carboxylic acids is 2. The SMILES string of the molecule is CCN(CC)CCNC(=O)CN1C(=O)/C(=C/c2ccccc2)SC2CCCCC21. The van der Waals surface area contributed by atoms with Crippen LogP contribution < -0.4 is 5.32 Å². The van der Waals surface area contributed by atoms with Gasteiger partial charge < -0.3 is 15.1 Å². The van der Waals surface area contributed by atoms with Gasteiger partial charge in [-0.3, -0.25) is 9.59 Å². The van der Waals surface area contributed by atoms with Crippen molar-refractivity contribution >= 4 is 29.7 Å². The van der Waals surface area contributed by atoms with Crippen molar-refractivity contribution in [3.05, 3.63) is 40.8 Å². The van der Waals surface area contributed by atoms with Gasteiger partial charge in [-0.1, -0.05) is 57.0 Å². The number of fused-ring (bicyclic) bond motifs is 1. The maximum atomic E-state index is 13.2. The van der Waals surface area contributed by atoms with E-state index in [1.54, 1.807) is 11.8 Å². The minimum absolute atomic E-state index is 0.000830. The van der Waals surface area contributed by atoms with Gasteiger partial charge >= 0.3 is 0 Å². The Balaban J connectivity index is 1.68. The van der Waals surface area contributed by atoms with Crippen molar-refractivity contribution in [1.29, 1.82) is 0 Å². The number of benzene rings is 1. The summed E-state index contributed by atoms with van der Waals surface area (Å²) in [5, 5.41) is 3.40. The molecule has 5 nitrogen and oxygen atoms in total. The summed E-state index contributed by atoms with van der Waals surface area (Å²) in [5.41, 5.74) is 1.03. The maximum Gasteiger partial charge on any atom is 0.261 e. The summed E-state index contributed by atoms with van der Waals surface area (Å²) in [6.07, 6.45) is 6.41. The number of nitrogens with zero attached hydrogens (tertiary/aromatic N) is 2. The molecule has 29 heavy (non-hydrogen) atoms. The van der Waals surface area contributed by atoms with Crippen molar-refractivity contribution in [3.8, 4) is 0 Å². The van der Waals surface area contributed by atoms with Crippen molar-refractivity contribution in [3.63, 3.8) is 0 Å². The molecule has 1 aromatic rings. The second kappa shape index (κ2) is 10.8. The molecule has 0 radical (unpaired) electrons. The van der Waals surface area contributed by atoms with Crippen molar-refractivity contribution in [2.45, 2.75) is 50.8 Å². The summed E-state index contributed by atoms with van der Waals surface area (Å²) in [6, 6.07) is 10.1. The molecule has 1 aliphatic heterocycles. The average molecular weight is 416 g/mol. The van der Waals surface area contributed by atoms with E-state index in [-0.39, 0.29) is 24.4 Å². The molecule has 0 bridgehead atoms. The van der Waals surface area contributed by atoms with Gasteiger partial charge in [0.05, 0.1) is 4.91 Å². The number of hydrogen-bond acceptors (Lipinski definition) is 4. The molecule has 1 saturated carbocycles. The Bertz CT molecular complexity index is 718. The van der Waals surface area contributed by atoms with Gasteiger partial charge in [0.15, 0.2) is 0 Å². The van der Waals surface area contributed by atoms with Crippen LogP contribution in [0.1, 0.15) is 45.1 Å². The number of carbonyl (C=O) groups is 2. The molecule has 1 N–H and O–H groups in total. The summed E-state index contributed by atoms with van der Waals surface area (Å²) in [5.74, 6) is -0.0540. The van der Waals surface area contributed by atoms with E-state index < -0.39 is 0 Å². The van der Waals surface area contributed by atoms with Crippen molar-refractivity contribution in [1.82, 2.24) is 15.1 Å². The zero-order valence-corrected chi connectivity index (χ0v) is 18.4. The summed E-state index contributed by atoms with van der Waals surface area (Å²) in [6.45, 7) is 7.83. The molecule has 1 aromatic carbocycles. The minimum Gasteiger partial charge on any atom is -0.353 e. The number of rotatable bonds is 8. The normalized spacial score (nSPS) is 23.3. The maximum absolute atomic E-state index is 13.2. The molecule has 2 aliphatic rings. The molecule has 0 spiro atoms. The smallest absolute Gasteiger partial charge is 0.261 e. The van der Waals surface area contributed by atoms with Gasteiger partial charge in [0.2, 0.25) is 5.91 Å². The van der Waals surface area contributed by atoms with Crippen LogP contribution in [-0.2, 0) is 9.59 Å². The van der Waals surface area contributed by atoms with Gasteiger partial charge in [-0.25, -0.2) is 0 Å². The molecule has 2 unspecified atom stereocenters. The minimum atomic E-state index is -0.0548. The molecule has 3 rings (SSSR count). The molecule has 2 amide bonds. The van der Waals surface area contributed by atoms with Crippen LogP contribution in [0.15, 0.2) is 35.2 Å². The fraction of sp³-hybridized carbons (Fsp3) is 0.565. The highest BCUT2D eigenvalue weighted by Crippen LogP contribution is 2.42. The largest absolute Gasteiger partial charge is 0.353 e. The van der Waals surface area contributed by atoms with E-state index >= 15 is 0 Å². The molecular weight excluding hydrogens is 382 g/mol. The quantitative estimate of drug-likeness (QED) is 0.662. The molecule has 0 aromatic heterocycles. The first-order chi connectivity index (χ1) is 14.1. The summed E-state index contributed by atoms with van der Waals surface area (Å²) < 4.78 is 0. The Labute approximate surface area is 178 Å². The van der Waals surface area contributed by atoms with Gasteiger partial charge in [0.25, 0.3) is 5.91 Å². The van der Waals surface area contributed by atoms with E-state index in [1.165, 1.54) is 6.42 Å². The van der Waals surface area contributed by atoms with E-state index in [9.17, 15) is 9.59 Å². The predicted molar refractivity (Wildman–Crippen MR) is 121 cm³/mol. The number of thioether (sulfide) groups is 1. The standard InChI is InChI=1S/C23H33N3O2S/c1-3-25(4-2)15-14-24-22(27)17-26-19-12-8-9-13-20(19)29-21(23(26)28)16-18-10-6-5-7-11-18/h5-7,10-11,16,19-20H,3-4,8-9,12-15,17H2,1-2H3,(H,24,27)/b21-16-. The molecule has 6 heteroatoms. The van der Waals surface area contributed by atoms with Gasteiger partial charge in [-0.05, 0) is 37.6 Å². The Morgan fingerprint density at radius 2 is 1.93 bits per heavy atom. The van der Waals surface area contributed by atoms with Crippen LogP contribution in [0, 0.1) is 0 Å². The van der Waals surface area contributed by atoms with Crippen LogP contribution in [0.25, 0.3) is 6.08 Å². The lowest BCUT2D eigenvalue weighted by molar-refractivity contribution is -0.135. The highest BCUT2D eigenvalue weighted by Gasteiger charge is 2.41. The van der Waals surface area contributed by atoms with Crippen LogP contribution in [0.4, 0.5) is 0 Å². The second-order valence-electron chi connectivity index (χ2n) is 7.74. The van der Waals surface area contributed by atoms with Gasteiger partial charge in [-0.15, -0.1) is 11.8 Å². The number of hydrogen-bond donors (Lipinski definition) is 1. The zero-order chi connectivity index (χ0) is 20.6. The summed E-state index contributed by atoms with van der Waals surface area (Å²) in [4.78, 5) is 30.7. The van der Waals surface area contributed by atoms with Crippen LogP contribution in [0.2, 0.25) is 0 Å². The molecule has 2 atom stereocenters. The van der Waals surface area contributed by atoms with Crippen molar-refractivity contribution in [2.75, 3.05) is 32.7 Å². The number of amides is 2. The summed E-state index contributed by atoms with van der Waals surface area (Å²) >= 11 is 1.71. The Hall–Kier alpha value is -1.79. The van der Waals surface area contributed by atoms with E-state index in [1.807, 2.05) is 41.3 Å². The lowest BCUT2D eigenvalue weighted by Gasteiger charge is -2.43. The van der Waals surface area contributed by atoms with E-state index in [0.29, 0.717) is 11.8 Å². The van der Waals surface area contributed by atoms with Crippen molar-refractivity contribution < 1.29 is 9.59 Å². The monoisotopic (exact) mass is 415 g/mol. The van der Waals surface area contributed by atoms with Crippen LogP contribution >= 0.6 is 11.8 Å². The van der Waals surface area contributed by atoms with Crippen LogP contribution in [0.3, 0.4) is 0 Å². The highest BCUT2D eigenvalue weighted by molar-refractivity contribution is 8.04. The zero-order valence-electron chi connectivity index (χ0n) is 17.6. The Morgan fingerprint density at radius 3 is 2.66 bits per heavy atom. The predicted octanol–water partition coefficient (Wildman–Crippen LogP) is 3.37. The molecular formula is C23H33N3O2S. The van der Waals surface area contributed by atoms with Crippen molar-refractivity contribution in [2.24, 2.45) is 0 Å². The number of likely N-dealkylation sites (N-methyl/N-ethyl adjacent to an activating group) is 1. The van der Waals surface area contributed by atoms with E-state index in [0.717, 1.165) is 49.4 Å². The van der Waals surface area contributed by atoms with Crippen LogP contribution in [-0.4, -0.2) is 65.6 Å². The molecule has 1 aliphatic carbocycles. The third-order valence-corrected chi connectivity index (χ3v) is 7.27. The first kappa shape index (κ1) is 21.9. The fourth-order valence-electron chi connectivity index (χ4n) is 4.17. The highest BCUT2D eigenvalue weighted by atomic mass is 32.2. The van der Waals surface area contributed by atoms with E-state index in [2.05, 4.69) is 24.1 Å². The topological polar surface area (TPSA) is 52.7 Å². The second-order valence-corrected chi connectivity index (χ2v) is 9.02. The Kier molecular flexibility index (Phi) is 8.19. The molecule has 1 saturated heterocycles. The first-order valence-electron chi connectivity index (χ1n) is 10.9. The van der Waals surface area contributed by atoms with Gasteiger partial charge in [-0.2, -0.15) is 0 Å². The Morgan fingerprint density at radius 1 is 1.21 bits per heavy atom. The van der Waals surface area contributed by atoms with Gasteiger partial charge in [0.1, 0.15) is 6.54 Å².